The zero-order valence-corrected chi connectivity index (χ0v) is 13.8. The molecule has 122 valence electrons. The number of quaternary nitrogens is 1. The largest absolute Gasteiger partial charge is 0.463 e. The van der Waals surface area contributed by atoms with Crippen LogP contribution in [-0.2, 0) is 17.8 Å². The summed E-state index contributed by atoms with van der Waals surface area (Å²) < 4.78 is 5.66. The molecule has 0 bridgehead atoms. The Morgan fingerprint density at radius 3 is 2.70 bits per heavy atom. The summed E-state index contributed by atoms with van der Waals surface area (Å²) >= 11 is 0. The zero-order chi connectivity index (χ0) is 16.2. The lowest BCUT2D eigenvalue weighted by Crippen LogP contribution is -3.12. The Hall–Kier alpha value is -2.07. The number of carbonyl (C=O) groups excluding carboxylic acids is 1. The molecule has 2 atom stereocenters. The molecule has 2 heterocycles. The van der Waals surface area contributed by atoms with Crippen LogP contribution in [0.15, 0.2) is 47.1 Å². The van der Waals surface area contributed by atoms with Gasteiger partial charge in [0.05, 0.1) is 19.4 Å². The van der Waals surface area contributed by atoms with E-state index in [0.29, 0.717) is 6.54 Å². The highest BCUT2D eigenvalue weighted by molar-refractivity contribution is 5.77. The van der Waals surface area contributed by atoms with Gasteiger partial charge in [-0.25, -0.2) is 0 Å². The molecule has 0 spiro atoms. The van der Waals surface area contributed by atoms with E-state index in [-0.39, 0.29) is 17.9 Å². The van der Waals surface area contributed by atoms with E-state index in [9.17, 15) is 4.79 Å². The van der Waals surface area contributed by atoms with Crippen molar-refractivity contribution in [3.05, 3.63) is 59.5 Å². The Balaban J connectivity index is 1.75. The maximum Gasteiger partial charge on any atom is 0.222 e. The van der Waals surface area contributed by atoms with E-state index < -0.39 is 0 Å². The van der Waals surface area contributed by atoms with Gasteiger partial charge >= 0.3 is 0 Å². The van der Waals surface area contributed by atoms with Crippen LogP contribution in [0.25, 0.3) is 0 Å². The molecular formula is C19H25N2O2+. The van der Waals surface area contributed by atoms with Gasteiger partial charge in [0.2, 0.25) is 5.91 Å². The van der Waals surface area contributed by atoms with Crippen molar-refractivity contribution in [3.8, 4) is 0 Å². The van der Waals surface area contributed by atoms with Crippen LogP contribution in [0, 0.1) is 5.92 Å². The fourth-order valence-corrected chi connectivity index (χ4v) is 3.24. The third-order valence-corrected chi connectivity index (χ3v) is 4.64. The number of furan rings is 1. The summed E-state index contributed by atoms with van der Waals surface area (Å²) in [5.74, 6) is 1.05. The van der Waals surface area contributed by atoms with Gasteiger partial charge in [0, 0.05) is 17.9 Å². The van der Waals surface area contributed by atoms with Gasteiger partial charge in [0.15, 0.2) is 11.8 Å². The fourth-order valence-electron chi connectivity index (χ4n) is 3.24. The number of nitrogens with one attached hydrogen (secondary N) is 2. The van der Waals surface area contributed by atoms with Crippen molar-refractivity contribution in [2.24, 2.45) is 5.92 Å². The van der Waals surface area contributed by atoms with E-state index in [4.69, 9.17) is 4.42 Å². The average molecular weight is 313 g/mol. The highest BCUT2D eigenvalue weighted by Gasteiger charge is 2.30. The molecule has 2 N–H and O–H groups in total. The smallest absolute Gasteiger partial charge is 0.222 e. The molecule has 1 aliphatic rings. The Morgan fingerprint density at radius 2 is 2.00 bits per heavy atom. The SMILES string of the molecule is CC(C)C(=O)NC[C@H](c1ccco1)[NH+]1CCc2ccccc2C1. The van der Waals surface area contributed by atoms with Crippen molar-refractivity contribution < 1.29 is 14.1 Å². The third-order valence-electron chi connectivity index (χ3n) is 4.64. The monoisotopic (exact) mass is 313 g/mol. The van der Waals surface area contributed by atoms with E-state index in [0.717, 1.165) is 25.3 Å². The van der Waals surface area contributed by atoms with Crippen LogP contribution in [0.3, 0.4) is 0 Å². The van der Waals surface area contributed by atoms with E-state index in [2.05, 4.69) is 29.6 Å². The molecule has 1 aliphatic heterocycles. The summed E-state index contributed by atoms with van der Waals surface area (Å²) in [6, 6.07) is 12.7. The minimum atomic E-state index is 0.00401. The zero-order valence-electron chi connectivity index (χ0n) is 13.8. The van der Waals surface area contributed by atoms with Crippen LogP contribution in [-0.4, -0.2) is 19.0 Å². The van der Waals surface area contributed by atoms with E-state index in [1.54, 1.807) is 6.26 Å². The van der Waals surface area contributed by atoms with Crippen molar-refractivity contribution in [1.82, 2.24) is 5.32 Å². The van der Waals surface area contributed by atoms with Gasteiger partial charge in [-0.1, -0.05) is 38.1 Å². The molecule has 0 radical (unpaired) electrons. The topological polar surface area (TPSA) is 46.7 Å². The fraction of sp³-hybridized carbons (Fsp3) is 0.421. The van der Waals surface area contributed by atoms with Gasteiger partial charge in [-0.2, -0.15) is 0 Å². The quantitative estimate of drug-likeness (QED) is 0.883. The molecule has 2 aromatic rings. The van der Waals surface area contributed by atoms with Gasteiger partial charge in [-0.3, -0.25) is 4.79 Å². The molecule has 1 aromatic heterocycles. The van der Waals surface area contributed by atoms with Crippen LogP contribution < -0.4 is 10.2 Å². The second-order valence-corrected chi connectivity index (χ2v) is 6.57. The predicted molar refractivity (Wildman–Crippen MR) is 89.0 cm³/mol. The first-order valence-corrected chi connectivity index (χ1v) is 8.37. The Bertz CT molecular complexity index is 649. The first kappa shape index (κ1) is 15.8. The van der Waals surface area contributed by atoms with E-state index in [1.807, 2.05) is 26.0 Å². The summed E-state index contributed by atoms with van der Waals surface area (Å²) in [5.41, 5.74) is 2.85. The van der Waals surface area contributed by atoms with E-state index in [1.165, 1.54) is 16.0 Å². The molecule has 0 saturated carbocycles. The normalized spacial score (nSPS) is 18.5. The number of hydrogen-bond acceptors (Lipinski definition) is 2. The summed E-state index contributed by atoms with van der Waals surface area (Å²) in [6.45, 7) is 6.48. The maximum absolute atomic E-state index is 11.9. The van der Waals surface area contributed by atoms with Crippen molar-refractivity contribution in [1.29, 1.82) is 0 Å². The molecule has 1 aromatic carbocycles. The highest BCUT2D eigenvalue weighted by Crippen LogP contribution is 2.15. The van der Waals surface area contributed by atoms with Gasteiger partial charge in [0.1, 0.15) is 6.54 Å². The highest BCUT2D eigenvalue weighted by atomic mass is 16.3. The molecule has 4 heteroatoms. The molecule has 0 aliphatic carbocycles. The molecule has 4 nitrogen and oxygen atoms in total. The number of amides is 1. The first-order chi connectivity index (χ1) is 11.1. The number of benzene rings is 1. The molecule has 23 heavy (non-hydrogen) atoms. The van der Waals surface area contributed by atoms with E-state index >= 15 is 0 Å². The minimum Gasteiger partial charge on any atom is -0.463 e. The first-order valence-electron chi connectivity index (χ1n) is 8.37. The number of fused-ring (bicyclic) bond motifs is 1. The number of hydrogen-bond donors (Lipinski definition) is 2. The maximum atomic E-state index is 11.9. The van der Waals surface area contributed by atoms with Crippen molar-refractivity contribution in [3.63, 3.8) is 0 Å². The number of carbonyl (C=O) groups is 1. The second kappa shape index (κ2) is 7.01. The van der Waals surface area contributed by atoms with Crippen molar-refractivity contribution >= 4 is 5.91 Å². The standard InChI is InChI=1S/C19H24N2O2/c1-14(2)19(22)20-12-17(18-8-5-11-23-18)21-10-9-15-6-3-4-7-16(15)13-21/h3-8,11,14,17H,9-10,12-13H2,1-2H3,(H,20,22)/p+1/t17-/m1/s1. The Morgan fingerprint density at radius 1 is 1.22 bits per heavy atom. The summed E-state index contributed by atoms with van der Waals surface area (Å²) in [4.78, 5) is 13.4. The summed E-state index contributed by atoms with van der Waals surface area (Å²) in [5, 5.41) is 3.07. The lowest BCUT2D eigenvalue weighted by atomic mass is 9.98. The average Bonchev–Trinajstić information content (AvgIpc) is 3.09. The van der Waals surface area contributed by atoms with Gasteiger partial charge in [-0.15, -0.1) is 0 Å². The molecule has 1 unspecified atom stereocenters. The van der Waals surface area contributed by atoms with Crippen molar-refractivity contribution in [2.45, 2.75) is 32.9 Å². The van der Waals surface area contributed by atoms with Gasteiger partial charge in [-0.05, 0) is 17.7 Å². The van der Waals surface area contributed by atoms with Crippen LogP contribution in [0.5, 0.6) is 0 Å². The molecule has 1 amide bonds. The predicted octanol–water partition coefficient (Wildman–Crippen LogP) is 1.73. The molecule has 0 saturated heterocycles. The third kappa shape index (κ3) is 3.64. The van der Waals surface area contributed by atoms with Crippen molar-refractivity contribution in [2.75, 3.05) is 13.1 Å². The lowest BCUT2D eigenvalue weighted by molar-refractivity contribution is -0.946. The molecule has 0 fully saturated rings. The van der Waals surface area contributed by atoms with Crippen LogP contribution in [0.4, 0.5) is 0 Å². The molecule has 3 rings (SSSR count). The van der Waals surface area contributed by atoms with Gasteiger partial charge in [0.25, 0.3) is 0 Å². The van der Waals surface area contributed by atoms with Crippen LogP contribution in [0.1, 0.15) is 36.8 Å². The van der Waals surface area contributed by atoms with Crippen LogP contribution in [0.2, 0.25) is 0 Å². The second-order valence-electron chi connectivity index (χ2n) is 6.57. The lowest BCUT2D eigenvalue weighted by Gasteiger charge is -2.32. The van der Waals surface area contributed by atoms with Gasteiger partial charge < -0.3 is 14.6 Å². The Kier molecular flexibility index (Phi) is 4.82. The Labute approximate surface area is 137 Å². The summed E-state index contributed by atoms with van der Waals surface area (Å²) in [7, 11) is 0. The van der Waals surface area contributed by atoms with Crippen LogP contribution >= 0.6 is 0 Å². The number of rotatable bonds is 5. The molecular weight excluding hydrogens is 288 g/mol. The minimum absolute atomic E-state index is 0.00401. The summed E-state index contributed by atoms with van der Waals surface area (Å²) in [6.07, 6.45) is 2.78.